The minimum absolute atomic E-state index is 0.00342. The van der Waals surface area contributed by atoms with E-state index in [1.165, 1.54) is 25.2 Å². The highest BCUT2D eigenvalue weighted by molar-refractivity contribution is 5.86. The molecule has 10 heteroatoms. The van der Waals surface area contributed by atoms with Crippen LogP contribution >= 0.6 is 0 Å². The number of hydrogen-bond donors (Lipinski definition) is 2. The Morgan fingerprint density at radius 2 is 1.96 bits per heavy atom. The SMILES string of the molecule is CN=C(NCc1cn(C)nc1C(F)(F)F)N(C)CC(=O)NC(C)(C)C. The van der Waals surface area contributed by atoms with E-state index in [9.17, 15) is 18.0 Å². The zero-order chi connectivity index (χ0) is 19.4. The molecule has 2 N–H and O–H groups in total. The summed E-state index contributed by atoms with van der Waals surface area (Å²) in [7, 11) is 4.55. The van der Waals surface area contributed by atoms with Gasteiger partial charge in [0, 0.05) is 45.0 Å². The summed E-state index contributed by atoms with van der Waals surface area (Å²) >= 11 is 0. The van der Waals surface area contributed by atoms with E-state index in [0.29, 0.717) is 5.96 Å². The van der Waals surface area contributed by atoms with Crippen LogP contribution in [-0.4, -0.2) is 52.7 Å². The third kappa shape index (κ3) is 6.63. The number of nitrogens with one attached hydrogen (secondary N) is 2. The summed E-state index contributed by atoms with van der Waals surface area (Å²) in [6, 6.07) is 0. The van der Waals surface area contributed by atoms with Crippen molar-refractivity contribution >= 4 is 11.9 Å². The molecule has 0 atom stereocenters. The number of carbonyl (C=O) groups excluding carboxylic acids is 1. The van der Waals surface area contributed by atoms with Gasteiger partial charge < -0.3 is 15.5 Å². The van der Waals surface area contributed by atoms with Gasteiger partial charge in [0.05, 0.1) is 6.54 Å². The molecule has 0 aromatic carbocycles. The van der Waals surface area contributed by atoms with Crippen molar-refractivity contribution in [1.29, 1.82) is 0 Å². The van der Waals surface area contributed by atoms with Crippen molar-refractivity contribution in [2.24, 2.45) is 12.0 Å². The lowest BCUT2D eigenvalue weighted by Gasteiger charge is -2.25. The Hall–Kier alpha value is -2.26. The van der Waals surface area contributed by atoms with Gasteiger partial charge in [-0.05, 0) is 20.8 Å². The summed E-state index contributed by atoms with van der Waals surface area (Å²) in [6.07, 6.45) is -3.23. The van der Waals surface area contributed by atoms with E-state index in [2.05, 4.69) is 20.7 Å². The molecule has 1 heterocycles. The molecular weight excluding hydrogens is 337 g/mol. The minimum Gasteiger partial charge on any atom is -0.352 e. The molecule has 0 unspecified atom stereocenters. The lowest BCUT2D eigenvalue weighted by atomic mass is 10.1. The quantitative estimate of drug-likeness (QED) is 0.627. The Kier molecular flexibility index (Phi) is 6.44. The molecule has 0 bridgehead atoms. The number of hydrogen-bond acceptors (Lipinski definition) is 3. The Balaban J connectivity index is 2.73. The molecule has 0 aliphatic rings. The number of aliphatic imine (C=N–C) groups is 1. The van der Waals surface area contributed by atoms with Gasteiger partial charge in [-0.3, -0.25) is 14.5 Å². The number of aromatic nitrogens is 2. The molecule has 0 aliphatic carbocycles. The Morgan fingerprint density at radius 1 is 1.36 bits per heavy atom. The smallest absolute Gasteiger partial charge is 0.352 e. The first-order valence-corrected chi connectivity index (χ1v) is 7.66. The van der Waals surface area contributed by atoms with Gasteiger partial charge in [0.25, 0.3) is 0 Å². The highest BCUT2D eigenvalue weighted by Gasteiger charge is 2.36. The van der Waals surface area contributed by atoms with Gasteiger partial charge >= 0.3 is 6.18 Å². The molecule has 0 saturated carbocycles. The Labute approximate surface area is 145 Å². The Morgan fingerprint density at radius 3 is 2.44 bits per heavy atom. The minimum atomic E-state index is -4.53. The summed E-state index contributed by atoms with van der Waals surface area (Å²) in [5, 5.41) is 9.09. The average Bonchev–Trinajstić information content (AvgIpc) is 2.78. The standard InChI is InChI=1S/C15H25F3N6O/c1-14(2,3)21-11(25)9-23(5)13(19-4)20-7-10-8-24(6)22-12(10)15(16,17)18/h8H,7,9H2,1-6H3,(H,19,20)(H,21,25). The van der Waals surface area contributed by atoms with E-state index in [0.717, 1.165) is 4.68 Å². The van der Waals surface area contributed by atoms with Crippen molar-refractivity contribution in [3.8, 4) is 0 Å². The van der Waals surface area contributed by atoms with Crippen molar-refractivity contribution in [3.63, 3.8) is 0 Å². The number of amides is 1. The first-order chi connectivity index (χ1) is 11.3. The first kappa shape index (κ1) is 20.8. The van der Waals surface area contributed by atoms with E-state index in [-0.39, 0.29) is 30.1 Å². The maximum Gasteiger partial charge on any atom is 0.435 e. The fourth-order valence-corrected chi connectivity index (χ4v) is 2.21. The van der Waals surface area contributed by atoms with Crippen molar-refractivity contribution < 1.29 is 18.0 Å². The predicted octanol–water partition coefficient (Wildman–Crippen LogP) is 1.36. The van der Waals surface area contributed by atoms with E-state index in [1.54, 1.807) is 7.05 Å². The molecule has 25 heavy (non-hydrogen) atoms. The highest BCUT2D eigenvalue weighted by atomic mass is 19.4. The molecule has 1 aromatic rings. The second kappa shape index (κ2) is 7.75. The van der Waals surface area contributed by atoms with Gasteiger partial charge in [-0.15, -0.1) is 0 Å². The maximum atomic E-state index is 13.0. The number of halogens is 3. The van der Waals surface area contributed by atoms with Crippen LogP contribution in [0.25, 0.3) is 0 Å². The molecule has 0 radical (unpaired) electrons. The van der Waals surface area contributed by atoms with Crippen molar-refractivity contribution in [1.82, 2.24) is 25.3 Å². The maximum absolute atomic E-state index is 13.0. The van der Waals surface area contributed by atoms with Gasteiger partial charge in [0.2, 0.25) is 5.91 Å². The van der Waals surface area contributed by atoms with Gasteiger partial charge in [0.15, 0.2) is 11.7 Å². The molecule has 142 valence electrons. The van der Waals surface area contributed by atoms with Crippen LogP contribution in [0.5, 0.6) is 0 Å². The number of likely N-dealkylation sites (N-methyl/N-ethyl adjacent to an activating group) is 1. The molecule has 0 spiro atoms. The summed E-state index contributed by atoms with van der Waals surface area (Å²) in [6.45, 7) is 5.49. The van der Waals surface area contributed by atoms with Gasteiger partial charge in [0.1, 0.15) is 0 Å². The number of alkyl halides is 3. The van der Waals surface area contributed by atoms with Crippen LogP contribution in [0.4, 0.5) is 13.2 Å². The van der Waals surface area contributed by atoms with Gasteiger partial charge in [-0.2, -0.15) is 18.3 Å². The van der Waals surface area contributed by atoms with Crippen LogP contribution in [0.15, 0.2) is 11.2 Å². The second-order valence-electron chi connectivity index (χ2n) is 6.73. The predicted molar refractivity (Wildman–Crippen MR) is 88.9 cm³/mol. The topological polar surface area (TPSA) is 74.5 Å². The molecule has 0 aliphatic heterocycles. The van der Waals surface area contributed by atoms with E-state index in [1.807, 2.05) is 20.8 Å². The average molecular weight is 362 g/mol. The number of carbonyl (C=O) groups is 1. The first-order valence-electron chi connectivity index (χ1n) is 7.66. The number of nitrogens with zero attached hydrogens (tertiary/aromatic N) is 4. The fraction of sp³-hybridized carbons (Fsp3) is 0.667. The summed E-state index contributed by atoms with van der Waals surface area (Å²) in [5.41, 5.74) is -1.30. The van der Waals surface area contributed by atoms with Crippen LogP contribution in [0.3, 0.4) is 0 Å². The van der Waals surface area contributed by atoms with Crippen molar-refractivity contribution in [2.45, 2.75) is 39.0 Å². The fourth-order valence-electron chi connectivity index (χ4n) is 2.21. The third-order valence-corrected chi connectivity index (χ3v) is 3.08. The van der Waals surface area contributed by atoms with Crippen LogP contribution in [0, 0.1) is 0 Å². The van der Waals surface area contributed by atoms with Crippen molar-refractivity contribution in [3.05, 3.63) is 17.5 Å². The van der Waals surface area contributed by atoms with Gasteiger partial charge in [-0.1, -0.05) is 0 Å². The third-order valence-electron chi connectivity index (χ3n) is 3.08. The molecule has 1 rings (SSSR count). The summed E-state index contributed by atoms with van der Waals surface area (Å²) < 4.78 is 40.0. The van der Waals surface area contributed by atoms with Crippen LogP contribution < -0.4 is 10.6 Å². The van der Waals surface area contributed by atoms with E-state index in [4.69, 9.17) is 0 Å². The molecule has 1 aromatic heterocycles. The molecule has 0 fully saturated rings. The number of aryl methyl sites for hydroxylation is 1. The van der Waals surface area contributed by atoms with E-state index < -0.39 is 11.9 Å². The zero-order valence-corrected chi connectivity index (χ0v) is 15.3. The van der Waals surface area contributed by atoms with Gasteiger partial charge in [-0.25, -0.2) is 0 Å². The van der Waals surface area contributed by atoms with Crippen LogP contribution in [0.2, 0.25) is 0 Å². The second-order valence-corrected chi connectivity index (χ2v) is 6.73. The highest BCUT2D eigenvalue weighted by Crippen LogP contribution is 2.30. The number of rotatable bonds is 4. The van der Waals surface area contributed by atoms with Crippen LogP contribution in [-0.2, 0) is 24.6 Å². The van der Waals surface area contributed by atoms with Crippen LogP contribution in [0.1, 0.15) is 32.0 Å². The number of guanidine groups is 1. The molecule has 7 nitrogen and oxygen atoms in total. The largest absolute Gasteiger partial charge is 0.435 e. The Bertz CT molecular complexity index is 630. The lowest BCUT2D eigenvalue weighted by molar-refractivity contribution is -0.142. The molecular formula is C15H25F3N6O. The van der Waals surface area contributed by atoms with Crippen molar-refractivity contribution in [2.75, 3.05) is 20.6 Å². The molecule has 1 amide bonds. The zero-order valence-electron chi connectivity index (χ0n) is 15.3. The van der Waals surface area contributed by atoms with E-state index >= 15 is 0 Å². The summed E-state index contributed by atoms with van der Waals surface area (Å²) in [5.74, 6) is 0.0938. The normalized spacial score (nSPS) is 12.9. The molecule has 0 saturated heterocycles. The summed E-state index contributed by atoms with van der Waals surface area (Å²) in [4.78, 5) is 17.5. The lowest BCUT2D eigenvalue weighted by Crippen LogP contribution is -2.48. The monoisotopic (exact) mass is 362 g/mol.